The van der Waals surface area contributed by atoms with Gasteiger partial charge in [-0.15, -0.1) is 0 Å². The minimum atomic E-state index is -0.413. The molecule has 0 aliphatic heterocycles. The van der Waals surface area contributed by atoms with Crippen LogP contribution in [-0.2, 0) is 6.54 Å². The summed E-state index contributed by atoms with van der Waals surface area (Å²) in [6.07, 6.45) is 3.38. The fraction of sp³-hybridized carbons (Fsp3) is 0.533. The molecule has 4 nitrogen and oxygen atoms in total. The number of imidazole rings is 1. The number of anilines is 1. The number of aromatic nitrogens is 2. The maximum Gasteiger partial charge on any atom is 0.201 e. The van der Waals surface area contributed by atoms with Crippen molar-refractivity contribution in [1.82, 2.24) is 9.55 Å². The largest absolute Gasteiger partial charge is 0.494 e. The molecule has 0 aliphatic rings. The van der Waals surface area contributed by atoms with Gasteiger partial charge in [-0.3, -0.25) is 0 Å². The number of nitrogens with zero attached hydrogens (tertiary/aromatic N) is 2. The first-order chi connectivity index (χ1) is 9.52. The van der Waals surface area contributed by atoms with E-state index in [0.717, 1.165) is 24.9 Å². The number of methoxy groups -OCH3 is 1. The zero-order valence-electron chi connectivity index (χ0n) is 12.3. The molecule has 0 atom stereocenters. The van der Waals surface area contributed by atoms with E-state index in [1.807, 2.05) is 4.57 Å². The van der Waals surface area contributed by atoms with Crippen molar-refractivity contribution in [2.75, 3.05) is 12.8 Å². The third kappa shape index (κ3) is 3.03. The van der Waals surface area contributed by atoms with Crippen LogP contribution in [0.2, 0.25) is 0 Å². The summed E-state index contributed by atoms with van der Waals surface area (Å²) >= 11 is 0. The molecule has 0 amide bonds. The Morgan fingerprint density at radius 3 is 2.75 bits per heavy atom. The number of rotatable bonds is 6. The molecule has 0 fully saturated rings. The van der Waals surface area contributed by atoms with E-state index in [1.54, 1.807) is 6.07 Å². The molecule has 0 aliphatic carbocycles. The lowest BCUT2D eigenvalue weighted by Gasteiger charge is -2.08. The van der Waals surface area contributed by atoms with E-state index in [2.05, 4.69) is 18.8 Å². The number of aryl methyl sites for hydroxylation is 1. The Morgan fingerprint density at radius 2 is 2.10 bits per heavy atom. The second-order valence-corrected chi connectivity index (χ2v) is 5.49. The van der Waals surface area contributed by atoms with Crippen molar-refractivity contribution in [2.24, 2.45) is 5.92 Å². The molecule has 0 saturated heterocycles. The summed E-state index contributed by atoms with van der Waals surface area (Å²) in [7, 11) is 1.46. The minimum Gasteiger partial charge on any atom is -0.494 e. The molecule has 1 aromatic carbocycles. The second-order valence-electron chi connectivity index (χ2n) is 5.49. The number of nitrogen functional groups attached to an aromatic ring is 1. The smallest absolute Gasteiger partial charge is 0.201 e. The quantitative estimate of drug-likeness (QED) is 0.822. The number of unbranched alkanes of at least 4 members (excludes halogenated alkanes) is 1. The van der Waals surface area contributed by atoms with Gasteiger partial charge >= 0.3 is 0 Å². The van der Waals surface area contributed by atoms with Gasteiger partial charge in [-0.05, 0) is 12.3 Å². The van der Waals surface area contributed by atoms with E-state index in [-0.39, 0.29) is 5.75 Å². The molecule has 0 radical (unpaired) electrons. The number of benzene rings is 1. The van der Waals surface area contributed by atoms with Gasteiger partial charge in [-0.1, -0.05) is 26.7 Å². The molecular weight excluding hydrogens is 257 g/mol. The molecule has 1 heterocycles. The Morgan fingerprint density at radius 1 is 1.35 bits per heavy atom. The standard InChI is InChI=1S/C15H22FN3O/c1-10(2)6-4-5-7-19-13-9-14(20-3)11(16)8-12(13)18-15(19)17/h8-10H,4-7H2,1-3H3,(H2,17,18). The van der Waals surface area contributed by atoms with E-state index >= 15 is 0 Å². The molecule has 1 aromatic heterocycles. The van der Waals surface area contributed by atoms with E-state index in [0.29, 0.717) is 17.4 Å². The lowest BCUT2D eigenvalue weighted by Crippen LogP contribution is -2.04. The number of fused-ring (bicyclic) bond motifs is 1. The van der Waals surface area contributed by atoms with Crippen LogP contribution in [-0.4, -0.2) is 16.7 Å². The number of hydrogen-bond acceptors (Lipinski definition) is 3. The zero-order valence-corrected chi connectivity index (χ0v) is 12.3. The fourth-order valence-corrected chi connectivity index (χ4v) is 2.36. The molecule has 0 unspecified atom stereocenters. The molecule has 2 rings (SSSR count). The Kier molecular flexibility index (Phi) is 4.47. The predicted molar refractivity (Wildman–Crippen MR) is 79.3 cm³/mol. The van der Waals surface area contributed by atoms with Crippen molar-refractivity contribution in [1.29, 1.82) is 0 Å². The molecule has 110 valence electrons. The molecule has 0 saturated carbocycles. The molecule has 0 spiro atoms. The third-order valence-corrected chi connectivity index (χ3v) is 3.46. The van der Waals surface area contributed by atoms with Crippen molar-refractivity contribution in [3.8, 4) is 5.75 Å². The van der Waals surface area contributed by atoms with Crippen molar-refractivity contribution in [3.05, 3.63) is 17.9 Å². The number of ether oxygens (including phenoxy) is 1. The second kappa shape index (κ2) is 6.11. The van der Waals surface area contributed by atoms with E-state index in [1.165, 1.54) is 19.6 Å². The van der Waals surface area contributed by atoms with Crippen LogP contribution in [0.5, 0.6) is 5.75 Å². The van der Waals surface area contributed by atoms with Gasteiger partial charge in [-0.2, -0.15) is 0 Å². The van der Waals surface area contributed by atoms with Gasteiger partial charge in [0, 0.05) is 18.7 Å². The summed E-state index contributed by atoms with van der Waals surface area (Å²) in [5.74, 6) is 0.948. The van der Waals surface area contributed by atoms with Crippen molar-refractivity contribution >= 4 is 17.0 Å². The average Bonchev–Trinajstić information content (AvgIpc) is 2.68. The normalized spacial score (nSPS) is 11.4. The van der Waals surface area contributed by atoms with Crippen LogP contribution < -0.4 is 10.5 Å². The summed E-state index contributed by atoms with van der Waals surface area (Å²) in [5.41, 5.74) is 7.32. The highest BCUT2D eigenvalue weighted by Gasteiger charge is 2.12. The Hall–Kier alpha value is -1.78. The van der Waals surface area contributed by atoms with Crippen molar-refractivity contribution in [2.45, 2.75) is 39.7 Å². The van der Waals surface area contributed by atoms with Crippen LogP contribution in [0.4, 0.5) is 10.3 Å². The summed E-state index contributed by atoms with van der Waals surface area (Å²) < 4.78 is 20.6. The summed E-state index contributed by atoms with van der Waals surface area (Å²) in [6.45, 7) is 5.23. The van der Waals surface area contributed by atoms with Crippen LogP contribution in [0.15, 0.2) is 12.1 Å². The van der Waals surface area contributed by atoms with Gasteiger partial charge in [0.05, 0.1) is 18.1 Å². The van der Waals surface area contributed by atoms with Crippen molar-refractivity contribution in [3.63, 3.8) is 0 Å². The van der Waals surface area contributed by atoms with Gasteiger partial charge < -0.3 is 15.0 Å². The first-order valence-corrected chi connectivity index (χ1v) is 7.02. The Labute approximate surface area is 118 Å². The predicted octanol–water partition coefficient (Wildman–Crippen LogP) is 3.59. The SMILES string of the molecule is COc1cc2c(cc1F)nc(N)n2CCCCC(C)C. The minimum absolute atomic E-state index is 0.223. The molecule has 2 aromatic rings. The molecule has 20 heavy (non-hydrogen) atoms. The lowest BCUT2D eigenvalue weighted by molar-refractivity contribution is 0.387. The summed E-state index contributed by atoms with van der Waals surface area (Å²) in [6, 6.07) is 3.03. The van der Waals surface area contributed by atoms with E-state index < -0.39 is 5.82 Å². The number of halogens is 1. The molecule has 0 bridgehead atoms. The molecular formula is C15H22FN3O. The van der Waals surface area contributed by atoms with Crippen LogP contribution in [0.1, 0.15) is 33.1 Å². The van der Waals surface area contributed by atoms with Crippen LogP contribution in [0.25, 0.3) is 11.0 Å². The van der Waals surface area contributed by atoms with Gasteiger partial charge in [0.1, 0.15) is 0 Å². The van der Waals surface area contributed by atoms with Gasteiger partial charge in [0.15, 0.2) is 11.6 Å². The molecule has 5 heteroatoms. The van der Waals surface area contributed by atoms with Gasteiger partial charge in [0.2, 0.25) is 5.95 Å². The molecule has 2 N–H and O–H groups in total. The zero-order chi connectivity index (χ0) is 14.7. The van der Waals surface area contributed by atoms with Crippen LogP contribution in [0, 0.1) is 11.7 Å². The monoisotopic (exact) mass is 279 g/mol. The first-order valence-electron chi connectivity index (χ1n) is 7.02. The number of hydrogen-bond donors (Lipinski definition) is 1. The van der Waals surface area contributed by atoms with Crippen LogP contribution in [0.3, 0.4) is 0 Å². The van der Waals surface area contributed by atoms with Gasteiger partial charge in [0.25, 0.3) is 0 Å². The Balaban J connectivity index is 2.21. The number of nitrogens with two attached hydrogens (primary N) is 1. The highest BCUT2D eigenvalue weighted by Crippen LogP contribution is 2.26. The highest BCUT2D eigenvalue weighted by molar-refractivity contribution is 5.80. The fourth-order valence-electron chi connectivity index (χ4n) is 2.36. The summed E-state index contributed by atoms with van der Waals surface area (Å²) in [4.78, 5) is 4.21. The highest BCUT2D eigenvalue weighted by atomic mass is 19.1. The lowest BCUT2D eigenvalue weighted by atomic mass is 10.1. The summed E-state index contributed by atoms with van der Waals surface area (Å²) in [5, 5.41) is 0. The first kappa shape index (κ1) is 14.6. The van der Waals surface area contributed by atoms with E-state index in [9.17, 15) is 4.39 Å². The maximum atomic E-state index is 13.6. The van der Waals surface area contributed by atoms with Crippen LogP contribution >= 0.6 is 0 Å². The maximum absolute atomic E-state index is 13.6. The average molecular weight is 279 g/mol. The van der Waals surface area contributed by atoms with Gasteiger partial charge in [-0.25, -0.2) is 9.37 Å². The third-order valence-electron chi connectivity index (χ3n) is 3.46. The Bertz CT molecular complexity index is 592. The van der Waals surface area contributed by atoms with Crippen molar-refractivity contribution < 1.29 is 9.13 Å². The topological polar surface area (TPSA) is 53.1 Å². The van der Waals surface area contributed by atoms with E-state index in [4.69, 9.17) is 10.5 Å².